The van der Waals surface area contributed by atoms with Crippen LogP contribution in [-0.4, -0.2) is 22.5 Å². The molecule has 0 spiro atoms. The molecule has 0 aliphatic carbocycles. The highest BCUT2D eigenvalue weighted by Gasteiger charge is 2.21. The summed E-state index contributed by atoms with van der Waals surface area (Å²) in [5.41, 5.74) is 4.23. The second-order valence-corrected chi connectivity index (χ2v) is 6.39. The van der Waals surface area contributed by atoms with Crippen LogP contribution in [0.2, 0.25) is 0 Å². The Morgan fingerprint density at radius 2 is 2.12 bits per heavy atom. The Bertz CT molecular complexity index is 967. The summed E-state index contributed by atoms with van der Waals surface area (Å²) in [4.78, 5) is 18.6. The molecule has 5 nitrogen and oxygen atoms in total. The molecule has 0 saturated carbocycles. The number of nitrogens with one attached hydrogen (secondary N) is 1. The molecule has 3 aromatic rings. The lowest BCUT2D eigenvalue weighted by molar-refractivity contribution is 0.206. The summed E-state index contributed by atoms with van der Waals surface area (Å²) in [6.07, 6.45) is 2.24. The van der Waals surface area contributed by atoms with E-state index in [1.54, 1.807) is 23.3 Å². The first-order chi connectivity index (χ1) is 12.6. The molecule has 0 radical (unpaired) electrons. The van der Waals surface area contributed by atoms with Crippen LogP contribution in [0, 0.1) is 12.7 Å². The Balaban J connectivity index is 1.48. The topological polar surface area (TPSA) is 58.4 Å². The molecular weight excluding hydrogens is 333 g/mol. The average Bonchev–Trinajstić information content (AvgIpc) is 3.08. The van der Waals surface area contributed by atoms with Gasteiger partial charge in [-0.1, -0.05) is 12.1 Å². The molecule has 0 bridgehead atoms. The zero-order chi connectivity index (χ0) is 18.1. The van der Waals surface area contributed by atoms with Gasteiger partial charge in [0.15, 0.2) is 0 Å². The van der Waals surface area contributed by atoms with Crippen molar-refractivity contribution in [2.75, 3.05) is 11.9 Å². The van der Waals surface area contributed by atoms with E-state index in [-0.39, 0.29) is 11.8 Å². The maximum atomic E-state index is 13.3. The molecule has 0 unspecified atom stereocenters. The Labute approximate surface area is 150 Å². The fourth-order valence-corrected chi connectivity index (χ4v) is 3.11. The van der Waals surface area contributed by atoms with E-state index < -0.39 is 0 Å². The van der Waals surface area contributed by atoms with Gasteiger partial charge in [-0.15, -0.1) is 0 Å². The van der Waals surface area contributed by atoms with E-state index in [1.807, 2.05) is 31.2 Å². The largest absolute Gasteiger partial charge is 0.444 e. The second kappa shape index (κ2) is 6.63. The molecular formula is C20H18FN3O2. The number of carbonyl (C=O) groups excluding carboxylic acids is 1. The number of amides is 2. The van der Waals surface area contributed by atoms with Gasteiger partial charge in [-0.2, -0.15) is 0 Å². The monoisotopic (exact) mass is 351 g/mol. The van der Waals surface area contributed by atoms with Crippen molar-refractivity contribution in [3.63, 3.8) is 0 Å². The van der Waals surface area contributed by atoms with Crippen molar-refractivity contribution in [3.8, 4) is 11.5 Å². The van der Waals surface area contributed by atoms with Gasteiger partial charge in [0.05, 0.1) is 5.69 Å². The van der Waals surface area contributed by atoms with E-state index in [0.29, 0.717) is 31.1 Å². The molecule has 2 amide bonds. The van der Waals surface area contributed by atoms with E-state index in [4.69, 9.17) is 4.42 Å². The number of benzene rings is 2. The number of halogens is 1. The summed E-state index contributed by atoms with van der Waals surface area (Å²) in [7, 11) is 0. The number of rotatable bonds is 2. The molecule has 6 heteroatoms. The van der Waals surface area contributed by atoms with Crippen molar-refractivity contribution < 1.29 is 13.6 Å². The highest BCUT2D eigenvalue weighted by atomic mass is 19.1. The van der Waals surface area contributed by atoms with Gasteiger partial charge in [-0.25, -0.2) is 14.2 Å². The molecule has 0 saturated heterocycles. The molecule has 132 valence electrons. The Kier molecular flexibility index (Phi) is 4.16. The lowest BCUT2D eigenvalue weighted by Crippen LogP contribution is -2.38. The van der Waals surface area contributed by atoms with E-state index in [9.17, 15) is 9.18 Å². The first-order valence-corrected chi connectivity index (χ1v) is 8.44. The number of fused-ring (bicyclic) bond motifs is 1. The second-order valence-electron chi connectivity index (χ2n) is 6.39. The van der Waals surface area contributed by atoms with Gasteiger partial charge in [0, 0.05) is 24.3 Å². The minimum Gasteiger partial charge on any atom is -0.444 e. The van der Waals surface area contributed by atoms with Crippen molar-refractivity contribution >= 4 is 11.7 Å². The number of aromatic nitrogens is 1. The van der Waals surface area contributed by atoms with Crippen LogP contribution >= 0.6 is 0 Å². The minimum absolute atomic E-state index is 0.180. The van der Waals surface area contributed by atoms with Crippen LogP contribution in [0.1, 0.15) is 16.8 Å². The van der Waals surface area contributed by atoms with Crippen molar-refractivity contribution in [3.05, 3.63) is 71.4 Å². The Morgan fingerprint density at radius 1 is 1.23 bits per heavy atom. The van der Waals surface area contributed by atoms with Crippen LogP contribution in [0.15, 0.2) is 53.1 Å². The third-order valence-corrected chi connectivity index (χ3v) is 4.45. The molecule has 2 heterocycles. The fraction of sp³-hybridized carbons (Fsp3) is 0.200. The van der Waals surface area contributed by atoms with Gasteiger partial charge < -0.3 is 14.6 Å². The number of carbonyl (C=O) groups is 1. The third-order valence-electron chi connectivity index (χ3n) is 4.45. The van der Waals surface area contributed by atoms with Crippen molar-refractivity contribution in [2.24, 2.45) is 0 Å². The predicted octanol–water partition coefficient (Wildman–Crippen LogP) is 4.38. The van der Waals surface area contributed by atoms with Crippen LogP contribution < -0.4 is 5.32 Å². The molecule has 1 aliphatic rings. The smallest absolute Gasteiger partial charge is 0.322 e. The van der Waals surface area contributed by atoms with Crippen LogP contribution in [0.25, 0.3) is 11.5 Å². The maximum absolute atomic E-state index is 13.3. The maximum Gasteiger partial charge on any atom is 0.322 e. The number of urea groups is 1. The number of hydrogen-bond acceptors (Lipinski definition) is 3. The number of nitrogens with zero attached hydrogens (tertiary/aromatic N) is 2. The number of aryl methyl sites for hydroxylation is 1. The Morgan fingerprint density at radius 3 is 2.92 bits per heavy atom. The highest BCUT2D eigenvalue weighted by molar-refractivity contribution is 5.90. The van der Waals surface area contributed by atoms with Gasteiger partial charge in [0.1, 0.15) is 12.1 Å². The molecule has 26 heavy (non-hydrogen) atoms. The van der Waals surface area contributed by atoms with Crippen LogP contribution in [-0.2, 0) is 13.0 Å². The average molecular weight is 351 g/mol. The van der Waals surface area contributed by atoms with Crippen molar-refractivity contribution in [1.82, 2.24) is 9.88 Å². The predicted molar refractivity (Wildman–Crippen MR) is 96.2 cm³/mol. The highest BCUT2D eigenvalue weighted by Crippen LogP contribution is 2.24. The lowest BCUT2D eigenvalue weighted by Gasteiger charge is -2.29. The standard InChI is InChI=1S/C20H18FN3O2/c1-13-12-26-19(22-13)15-3-2-4-18(10-15)23-20(25)24-8-7-14-9-17(21)6-5-16(14)11-24/h2-6,9-10,12H,7-8,11H2,1H3,(H,23,25). The van der Waals surface area contributed by atoms with Gasteiger partial charge in [0.25, 0.3) is 0 Å². The SMILES string of the molecule is Cc1coc(-c2cccc(NC(=O)N3CCc4cc(F)ccc4C3)c2)n1. The first kappa shape index (κ1) is 16.3. The van der Waals surface area contributed by atoms with E-state index >= 15 is 0 Å². The zero-order valence-corrected chi connectivity index (χ0v) is 14.3. The van der Waals surface area contributed by atoms with Crippen molar-refractivity contribution in [2.45, 2.75) is 19.9 Å². The van der Waals surface area contributed by atoms with E-state index in [0.717, 1.165) is 22.4 Å². The third kappa shape index (κ3) is 3.31. The van der Waals surface area contributed by atoms with Crippen LogP contribution in [0.5, 0.6) is 0 Å². The lowest BCUT2D eigenvalue weighted by atomic mass is 10.00. The summed E-state index contributed by atoms with van der Waals surface area (Å²) in [5.74, 6) is 0.285. The van der Waals surface area contributed by atoms with Crippen LogP contribution in [0.3, 0.4) is 0 Å². The molecule has 4 rings (SSSR count). The van der Waals surface area contributed by atoms with Gasteiger partial charge in [0.2, 0.25) is 5.89 Å². The van der Waals surface area contributed by atoms with E-state index in [2.05, 4.69) is 10.3 Å². The van der Waals surface area contributed by atoms with Gasteiger partial charge in [-0.05, 0) is 54.8 Å². The molecule has 2 aromatic carbocycles. The quantitative estimate of drug-likeness (QED) is 0.745. The molecule has 1 aliphatic heterocycles. The first-order valence-electron chi connectivity index (χ1n) is 8.44. The number of anilines is 1. The summed E-state index contributed by atoms with van der Waals surface area (Å²) in [6.45, 7) is 2.89. The Hall–Kier alpha value is -3.15. The molecule has 0 fully saturated rings. The number of oxazole rings is 1. The summed E-state index contributed by atoms with van der Waals surface area (Å²) in [5, 5.41) is 2.91. The molecule has 1 aromatic heterocycles. The summed E-state index contributed by atoms with van der Waals surface area (Å²) >= 11 is 0. The molecule has 1 N–H and O–H groups in total. The van der Waals surface area contributed by atoms with E-state index in [1.165, 1.54) is 6.07 Å². The summed E-state index contributed by atoms with van der Waals surface area (Å²) in [6, 6.07) is 11.9. The minimum atomic E-state index is -0.236. The van der Waals surface area contributed by atoms with Gasteiger partial charge in [-0.3, -0.25) is 0 Å². The summed E-state index contributed by atoms with van der Waals surface area (Å²) < 4.78 is 18.7. The number of hydrogen-bond donors (Lipinski definition) is 1. The zero-order valence-electron chi connectivity index (χ0n) is 14.3. The van der Waals surface area contributed by atoms with Crippen molar-refractivity contribution in [1.29, 1.82) is 0 Å². The normalized spacial score (nSPS) is 13.4. The van der Waals surface area contributed by atoms with Gasteiger partial charge >= 0.3 is 6.03 Å². The fourth-order valence-electron chi connectivity index (χ4n) is 3.11. The molecule has 0 atom stereocenters. The van der Waals surface area contributed by atoms with Crippen LogP contribution in [0.4, 0.5) is 14.9 Å².